The minimum atomic E-state index is -5.09. The van der Waals surface area contributed by atoms with Gasteiger partial charge in [-0.3, -0.25) is 9.20 Å². The highest BCUT2D eigenvalue weighted by Crippen LogP contribution is 2.34. The predicted molar refractivity (Wildman–Crippen MR) is 112 cm³/mol. The molecule has 1 aromatic carbocycles. The zero-order valence-corrected chi connectivity index (χ0v) is 18.5. The Bertz CT molecular complexity index is 1430. The molecule has 0 radical (unpaired) electrons. The van der Waals surface area contributed by atoms with Crippen LogP contribution >= 0.6 is 0 Å². The fourth-order valence-electron chi connectivity index (χ4n) is 3.38. The molecule has 37 heavy (non-hydrogen) atoms. The summed E-state index contributed by atoms with van der Waals surface area (Å²) < 4.78 is 91.9. The van der Waals surface area contributed by atoms with Crippen LogP contribution < -0.4 is 5.32 Å². The summed E-state index contributed by atoms with van der Waals surface area (Å²) >= 11 is 0. The smallest absolute Gasteiger partial charge is 0.377 e. The number of amides is 1. The lowest BCUT2D eigenvalue weighted by Gasteiger charge is -2.16. The second kappa shape index (κ2) is 9.38. The molecule has 0 spiro atoms. The van der Waals surface area contributed by atoms with Gasteiger partial charge in [-0.15, -0.1) is 10.2 Å². The first-order valence-electron chi connectivity index (χ1n) is 10.3. The number of carbonyl (C=O) groups is 1. The monoisotopic (exact) mass is 528 g/mol. The van der Waals surface area contributed by atoms with E-state index >= 15 is 0 Å². The van der Waals surface area contributed by atoms with Crippen molar-refractivity contribution < 1.29 is 40.6 Å². The molecule has 1 unspecified atom stereocenters. The minimum Gasteiger partial charge on any atom is -0.377 e. The molecule has 194 valence electrons. The molecule has 0 saturated heterocycles. The summed E-state index contributed by atoms with van der Waals surface area (Å²) in [6, 6.07) is 5.17. The van der Waals surface area contributed by atoms with Crippen LogP contribution in [0.25, 0.3) is 16.8 Å². The van der Waals surface area contributed by atoms with E-state index in [-0.39, 0.29) is 27.9 Å². The van der Waals surface area contributed by atoms with Crippen molar-refractivity contribution in [2.75, 3.05) is 0 Å². The highest BCUT2D eigenvalue weighted by Gasteiger charge is 2.43. The van der Waals surface area contributed by atoms with Crippen molar-refractivity contribution in [1.82, 2.24) is 29.9 Å². The van der Waals surface area contributed by atoms with Gasteiger partial charge in [-0.25, -0.2) is 14.4 Å². The third-order valence-electron chi connectivity index (χ3n) is 5.28. The van der Waals surface area contributed by atoms with Crippen molar-refractivity contribution in [2.24, 2.45) is 0 Å². The molecule has 0 fully saturated rings. The highest BCUT2D eigenvalue weighted by atomic mass is 19.4. The van der Waals surface area contributed by atoms with Crippen LogP contribution in [0.3, 0.4) is 0 Å². The quantitative estimate of drug-likeness (QED) is 0.372. The number of fused-ring (bicyclic) bond motifs is 1. The van der Waals surface area contributed by atoms with Gasteiger partial charge in [0.05, 0.1) is 11.6 Å². The highest BCUT2D eigenvalue weighted by molar-refractivity contribution is 5.97. The van der Waals surface area contributed by atoms with Gasteiger partial charge in [0.15, 0.2) is 11.5 Å². The zero-order valence-electron chi connectivity index (χ0n) is 18.5. The molecule has 0 aliphatic rings. The van der Waals surface area contributed by atoms with Crippen LogP contribution in [0.15, 0.2) is 48.9 Å². The van der Waals surface area contributed by atoms with Crippen molar-refractivity contribution >= 4 is 11.6 Å². The Morgan fingerprint density at radius 3 is 2.22 bits per heavy atom. The van der Waals surface area contributed by atoms with Gasteiger partial charge in [-0.1, -0.05) is 12.1 Å². The van der Waals surface area contributed by atoms with E-state index in [4.69, 9.17) is 0 Å². The summed E-state index contributed by atoms with van der Waals surface area (Å²) in [5, 5.41) is 19.4. The van der Waals surface area contributed by atoms with E-state index in [1.54, 1.807) is 0 Å². The van der Waals surface area contributed by atoms with E-state index in [9.17, 15) is 40.6 Å². The molecule has 15 heteroatoms. The van der Waals surface area contributed by atoms with Crippen molar-refractivity contribution in [3.05, 3.63) is 77.5 Å². The number of aliphatic hydroxyl groups excluding tert-OH is 1. The van der Waals surface area contributed by atoms with E-state index in [2.05, 4.69) is 25.5 Å². The maximum atomic E-state index is 13.4. The Labute approximate surface area is 202 Å². The Balaban J connectivity index is 1.74. The Kier molecular flexibility index (Phi) is 6.58. The molecule has 2 N–H and O–H groups in total. The van der Waals surface area contributed by atoms with Crippen molar-refractivity contribution in [2.45, 2.75) is 31.4 Å². The first-order valence-corrected chi connectivity index (χ1v) is 10.3. The summed E-state index contributed by atoms with van der Waals surface area (Å²) in [5.74, 6) is -3.70. The molecule has 1 amide bonds. The number of aliphatic hydroxyl groups is 1. The summed E-state index contributed by atoms with van der Waals surface area (Å²) in [4.78, 5) is 19.5. The summed E-state index contributed by atoms with van der Waals surface area (Å²) in [5.41, 5.74) is 0.156. The lowest BCUT2D eigenvalue weighted by Crippen LogP contribution is -2.28. The van der Waals surface area contributed by atoms with E-state index in [1.807, 2.05) is 0 Å². The number of pyridine rings is 1. The number of nitrogens with zero attached hydrogens (tertiary/aromatic N) is 5. The first-order chi connectivity index (χ1) is 17.3. The maximum absolute atomic E-state index is 13.4. The van der Waals surface area contributed by atoms with Crippen LogP contribution in [-0.4, -0.2) is 41.8 Å². The number of carbonyl (C=O) groups excluding carboxylic acids is 1. The number of aromatic nitrogens is 5. The normalized spacial score (nSPS) is 14.0. The summed E-state index contributed by atoms with van der Waals surface area (Å²) in [7, 11) is 0. The summed E-state index contributed by atoms with van der Waals surface area (Å²) in [6.45, 7) is 1.43. The zero-order chi connectivity index (χ0) is 27.1. The molecule has 3 aromatic heterocycles. The average Bonchev–Trinajstić information content (AvgIpc) is 3.26. The Morgan fingerprint density at radius 1 is 1.03 bits per heavy atom. The van der Waals surface area contributed by atoms with Gasteiger partial charge in [-0.2, -0.15) is 26.3 Å². The fraction of sp³-hybridized carbons (Fsp3) is 0.227. The van der Waals surface area contributed by atoms with Gasteiger partial charge in [0.25, 0.3) is 5.91 Å². The largest absolute Gasteiger partial charge is 0.451 e. The van der Waals surface area contributed by atoms with Gasteiger partial charge >= 0.3 is 12.4 Å². The molecule has 0 bridgehead atoms. The third kappa shape index (κ3) is 5.35. The van der Waals surface area contributed by atoms with E-state index < -0.39 is 47.9 Å². The number of nitrogens with one attached hydrogen (secondary N) is 1. The molecule has 0 saturated carbocycles. The predicted octanol–water partition coefficient (Wildman–Crippen LogP) is 4.43. The van der Waals surface area contributed by atoms with Crippen molar-refractivity contribution in [1.29, 1.82) is 0 Å². The van der Waals surface area contributed by atoms with Crippen molar-refractivity contribution in [3.8, 4) is 11.1 Å². The van der Waals surface area contributed by atoms with Gasteiger partial charge in [0.2, 0.25) is 11.9 Å². The standard InChI is InChI=1S/C22H15F7N6O2/c1-10(13-7-30-20(31-8-13)22(27,28)29)32-19(37)12-6-15(11-2-4-14(23)5-3-11)17-33-34-18(35(17)9-12)16(36)21(24,25)26/h2-10,16,36H,1H3,(H,32,37)/t10-,16?/m1/s1. The number of benzene rings is 1. The molecule has 0 aliphatic carbocycles. The van der Waals surface area contributed by atoms with Crippen LogP contribution in [0, 0.1) is 5.82 Å². The number of hydrogen-bond donors (Lipinski definition) is 2. The minimum absolute atomic E-state index is 0.103. The second-order valence-electron chi connectivity index (χ2n) is 7.88. The molecular formula is C22H15F7N6O2. The van der Waals surface area contributed by atoms with Gasteiger partial charge < -0.3 is 10.4 Å². The topological polar surface area (TPSA) is 105 Å². The number of rotatable bonds is 5. The van der Waals surface area contributed by atoms with E-state index in [1.165, 1.54) is 25.1 Å². The van der Waals surface area contributed by atoms with Gasteiger partial charge in [0, 0.05) is 29.7 Å². The number of alkyl halides is 6. The van der Waals surface area contributed by atoms with Crippen LogP contribution in [0.1, 0.15) is 46.6 Å². The molecular weight excluding hydrogens is 513 g/mol. The van der Waals surface area contributed by atoms with Gasteiger partial charge in [0.1, 0.15) is 5.82 Å². The average molecular weight is 528 g/mol. The van der Waals surface area contributed by atoms with Crippen LogP contribution in [0.4, 0.5) is 30.7 Å². The molecule has 0 aliphatic heterocycles. The van der Waals surface area contributed by atoms with E-state index in [0.29, 0.717) is 0 Å². The number of hydrogen-bond acceptors (Lipinski definition) is 6. The lowest BCUT2D eigenvalue weighted by molar-refractivity contribution is -0.209. The number of halogens is 7. The first kappa shape index (κ1) is 25.9. The molecule has 8 nitrogen and oxygen atoms in total. The molecule has 4 aromatic rings. The van der Waals surface area contributed by atoms with Gasteiger partial charge in [-0.05, 0) is 30.7 Å². The fourth-order valence-corrected chi connectivity index (χ4v) is 3.38. The van der Waals surface area contributed by atoms with Crippen LogP contribution in [0.5, 0.6) is 0 Å². The maximum Gasteiger partial charge on any atom is 0.451 e. The third-order valence-corrected chi connectivity index (χ3v) is 5.28. The van der Waals surface area contributed by atoms with E-state index in [0.717, 1.165) is 35.1 Å². The van der Waals surface area contributed by atoms with Crippen LogP contribution in [0.2, 0.25) is 0 Å². The molecule has 2 atom stereocenters. The molecule has 4 rings (SSSR count). The lowest BCUT2D eigenvalue weighted by atomic mass is 10.0. The Hall–Kier alpha value is -4.14. The Morgan fingerprint density at radius 2 is 1.65 bits per heavy atom. The second-order valence-corrected chi connectivity index (χ2v) is 7.88. The molecule has 3 heterocycles. The summed E-state index contributed by atoms with van der Waals surface area (Å²) in [6.07, 6.45) is -10.1. The van der Waals surface area contributed by atoms with Crippen molar-refractivity contribution in [3.63, 3.8) is 0 Å². The van der Waals surface area contributed by atoms with Crippen LogP contribution in [-0.2, 0) is 6.18 Å². The SMILES string of the molecule is C[C@@H](NC(=O)c1cc(-c2ccc(F)cc2)c2nnc(C(O)C(F)(F)F)n2c1)c1cnc(C(F)(F)F)nc1.